The second kappa shape index (κ2) is 7.71. The number of anilines is 2. The lowest BCUT2D eigenvalue weighted by atomic mass is 10.1. The maximum absolute atomic E-state index is 11.4. The van der Waals surface area contributed by atoms with Gasteiger partial charge in [-0.25, -0.2) is 4.79 Å². The third kappa shape index (κ3) is 4.67. The fourth-order valence-electron chi connectivity index (χ4n) is 2.00. The Hall–Kier alpha value is -2.20. The van der Waals surface area contributed by atoms with Crippen LogP contribution in [0.1, 0.15) is 18.1 Å². The molecule has 0 heterocycles. The number of halogens is 1. The van der Waals surface area contributed by atoms with Crippen molar-refractivity contribution < 1.29 is 9.53 Å². The number of rotatable bonds is 5. The van der Waals surface area contributed by atoms with E-state index in [0.717, 1.165) is 27.5 Å². The monoisotopic (exact) mass is 318 g/mol. The molecule has 0 saturated heterocycles. The Morgan fingerprint density at radius 1 is 1.18 bits per heavy atom. The molecule has 0 radical (unpaired) electrons. The summed E-state index contributed by atoms with van der Waals surface area (Å²) < 4.78 is 4.87. The fourth-order valence-corrected chi connectivity index (χ4v) is 2.12. The van der Waals surface area contributed by atoms with E-state index in [-0.39, 0.29) is 0 Å². The third-order valence-electron chi connectivity index (χ3n) is 3.15. The molecule has 5 heteroatoms. The number of hydrogen-bond acceptors (Lipinski definition) is 3. The Labute approximate surface area is 135 Å². The van der Waals surface area contributed by atoms with Crippen LogP contribution >= 0.6 is 11.6 Å². The smallest absolute Gasteiger partial charge is 0.411 e. The molecule has 116 valence electrons. The van der Waals surface area contributed by atoms with Gasteiger partial charge < -0.3 is 10.1 Å². The van der Waals surface area contributed by atoms with E-state index in [1.165, 1.54) is 0 Å². The van der Waals surface area contributed by atoms with Crippen LogP contribution in [0.15, 0.2) is 42.5 Å². The van der Waals surface area contributed by atoms with Gasteiger partial charge in [-0.1, -0.05) is 23.7 Å². The first-order valence-electron chi connectivity index (χ1n) is 7.11. The summed E-state index contributed by atoms with van der Waals surface area (Å²) in [5, 5.41) is 6.79. The first-order valence-corrected chi connectivity index (χ1v) is 7.49. The minimum atomic E-state index is -0.438. The van der Waals surface area contributed by atoms with Crippen molar-refractivity contribution in [3.63, 3.8) is 0 Å². The lowest BCUT2D eigenvalue weighted by Crippen LogP contribution is -2.14. The van der Waals surface area contributed by atoms with E-state index in [2.05, 4.69) is 10.6 Å². The van der Waals surface area contributed by atoms with Crippen molar-refractivity contribution in [2.24, 2.45) is 0 Å². The highest BCUT2D eigenvalue weighted by Crippen LogP contribution is 2.20. The van der Waals surface area contributed by atoms with Crippen LogP contribution in [0.4, 0.5) is 16.2 Å². The molecule has 2 aromatic carbocycles. The zero-order valence-electron chi connectivity index (χ0n) is 12.7. The van der Waals surface area contributed by atoms with Gasteiger partial charge in [0, 0.05) is 22.9 Å². The molecule has 1 amide bonds. The van der Waals surface area contributed by atoms with Gasteiger partial charge in [-0.2, -0.15) is 0 Å². The minimum Gasteiger partial charge on any atom is -0.450 e. The van der Waals surface area contributed by atoms with Gasteiger partial charge in [0.15, 0.2) is 0 Å². The van der Waals surface area contributed by atoms with Gasteiger partial charge in [0.2, 0.25) is 0 Å². The predicted molar refractivity (Wildman–Crippen MR) is 90.6 cm³/mol. The largest absolute Gasteiger partial charge is 0.450 e. The predicted octanol–water partition coefficient (Wildman–Crippen LogP) is 4.83. The van der Waals surface area contributed by atoms with Crippen molar-refractivity contribution >= 4 is 29.1 Å². The lowest BCUT2D eigenvalue weighted by molar-refractivity contribution is 0.168. The summed E-state index contributed by atoms with van der Waals surface area (Å²) in [5.41, 5.74) is 3.85. The Morgan fingerprint density at radius 2 is 1.91 bits per heavy atom. The van der Waals surface area contributed by atoms with Crippen LogP contribution in [0.25, 0.3) is 0 Å². The van der Waals surface area contributed by atoms with Crippen LogP contribution in [0, 0.1) is 6.92 Å². The summed E-state index contributed by atoms with van der Waals surface area (Å²) in [7, 11) is 0. The van der Waals surface area contributed by atoms with Gasteiger partial charge in [-0.15, -0.1) is 0 Å². The molecule has 0 aromatic heterocycles. The first-order chi connectivity index (χ1) is 10.6. The molecule has 2 aromatic rings. The SMILES string of the molecule is CCOC(=O)Nc1ccc(NCc2ccc(Cl)cc2)cc1C. The van der Waals surface area contributed by atoms with Gasteiger partial charge >= 0.3 is 6.09 Å². The molecule has 2 rings (SSSR count). The number of carbonyl (C=O) groups excluding carboxylic acids is 1. The van der Waals surface area contributed by atoms with Crippen LogP contribution in [-0.2, 0) is 11.3 Å². The lowest BCUT2D eigenvalue weighted by Gasteiger charge is -2.12. The highest BCUT2D eigenvalue weighted by Gasteiger charge is 2.05. The second-order valence-corrected chi connectivity index (χ2v) is 5.29. The number of nitrogens with one attached hydrogen (secondary N) is 2. The summed E-state index contributed by atoms with van der Waals surface area (Å²) in [6, 6.07) is 13.5. The molecule has 0 unspecified atom stereocenters. The van der Waals surface area contributed by atoms with Crippen LogP contribution in [0.3, 0.4) is 0 Å². The highest BCUT2D eigenvalue weighted by atomic mass is 35.5. The molecular formula is C17H19ClN2O2. The van der Waals surface area contributed by atoms with E-state index in [9.17, 15) is 4.79 Å². The summed E-state index contributed by atoms with van der Waals surface area (Å²) >= 11 is 5.87. The summed E-state index contributed by atoms with van der Waals surface area (Å²) in [4.78, 5) is 11.4. The van der Waals surface area contributed by atoms with Crippen molar-refractivity contribution in [3.8, 4) is 0 Å². The Balaban J connectivity index is 1.97. The normalized spacial score (nSPS) is 10.1. The molecule has 0 aliphatic rings. The number of hydrogen-bond donors (Lipinski definition) is 2. The zero-order valence-corrected chi connectivity index (χ0v) is 13.4. The van der Waals surface area contributed by atoms with Gasteiger partial charge in [0.05, 0.1) is 6.61 Å². The van der Waals surface area contributed by atoms with E-state index in [0.29, 0.717) is 13.2 Å². The summed E-state index contributed by atoms with van der Waals surface area (Å²) in [5.74, 6) is 0. The third-order valence-corrected chi connectivity index (χ3v) is 3.40. The molecule has 0 aliphatic carbocycles. The topological polar surface area (TPSA) is 50.4 Å². The molecular weight excluding hydrogens is 300 g/mol. The molecule has 0 aliphatic heterocycles. The quantitative estimate of drug-likeness (QED) is 0.830. The first kappa shape index (κ1) is 16.2. The van der Waals surface area contributed by atoms with Crippen LogP contribution in [0.5, 0.6) is 0 Å². The van der Waals surface area contributed by atoms with E-state index in [4.69, 9.17) is 16.3 Å². The maximum Gasteiger partial charge on any atom is 0.411 e. The highest BCUT2D eigenvalue weighted by molar-refractivity contribution is 6.30. The van der Waals surface area contributed by atoms with E-state index < -0.39 is 6.09 Å². The van der Waals surface area contributed by atoms with Crippen molar-refractivity contribution in [3.05, 3.63) is 58.6 Å². The van der Waals surface area contributed by atoms with Gasteiger partial charge in [0.1, 0.15) is 0 Å². The average Bonchev–Trinajstić information content (AvgIpc) is 2.49. The van der Waals surface area contributed by atoms with Crippen LogP contribution < -0.4 is 10.6 Å². The van der Waals surface area contributed by atoms with Crippen LogP contribution in [0.2, 0.25) is 5.02 Å². The van der Waals surface area contributed by atoms with Crippen LogP contribution in [-0.4, -0.2) is 12.7 Å². The second-order valence-electron chi connectivity index (χ2n) is 4.86. The van der Waals surface area contributed by atoms with Crippen molar-refractivity contribution in [2.45, 2.75) is 20.4 Å². The minimum absolute atomic E-state index is 0.353. The number of amides is 1. The Morgan fingerprint density at radius 3 is 2.55 bits per heavy atom. The Kier molecular flexibility index (Phi) is 5.67. The van der Waals surface area contributed by atoms with E-state index in [1.807, 2.05) is 49.4 Å². The van der Waals surface area contributed by atoms with Crippen molar-refractivity contribution in [2.75, 3.05) is 17.2 Å². The molecule has 4 nitrogen and oxygen atoms in total. The van der Waals surface area contributed by atoms with Crippen molar-refractivity contribution in [1.82, 2.24) is 0 Å². The average molecular weight is 319 g/mol. The maximum atomic E-state index is 11.4. The van der Waals surface area contributed by atoms with Gasteiger partial charge in [-0.05, 0) is 55.3 Å². The molecule has 0 atom stereocenters. The fraction of sp³-hybridized carbons (Fsp3) is 0.235. The number of carbonyl (C=O) groups is 1. The molecule has 0 bridgehead atoms. The van der Waals surface area contributed by atoms with Gasteiger partial charge in [0.25, 0.3) is 0 Å². The van der Waals surface area contributed by atoms with Crippen molar-refractivity contribution in [1.29, 1.82) is 0 Å². The molecule has 0 spiro atoms. The Bertz CT molecular complexity index is 642. The number of ether oxygens (including phenoxy) is 1. The van der Waals surface area contributed by atoms with E-state index >= 15 is 0 Å². The molecule has 2 N–H and O–H groups in total. The molecule has 0 saturated carbocycles. The number of benzene rings is 2. The summed E-state index contributed by atoms with van der Waals surface area (Å²) in [6.07, 6.45) is -0.438. The zero-order chi connectivity index (χ0) is 15.9. The molecule has 22 heavy (non-hydrogen) atoms. The summed E-state index contributed by atoms with van der Waals surface area (Å²) in [6.45, 7) is 4.78. The standard InChI is InChI=1S/C17H19ClN2O2/c1-3-22-17(21)20-16-9-8-15(10-12(16)2)19-11-13-4-6-14(18)7-5-13/h4-10,19H,3,11H2,1-2H3,(H,20,21). The van der Waals surface area contributed by atoms with E-state index in [1.54, 1.807) is 6.92 Å². The molecule has 0 fully saturated rings. The number of aryl methyl sites for hydroxylation is 1. The van der Waals surface area contributed by atoms with Gasteiger partial charge in [-0.3, -0.25) is 5.32 Å².